The van der Waals surface area contributed by atoms with Crippen LogP contribution in [0.3, 0.4) is 0 Å². The summed E-state index contributed by atoms with van der Waals surface area (Å²) in [7, 11) is 0. The number of nitrogens with zero attached hydrogens (tertiary/aromatic N) is 2. The summed E-state index contributed by atoms with van der Waals surface area (Å²) < 4.78 is 1.73. The summed E-state index contributed by atoms with van der Waals surface area (Å²) in [5.41, 5.74) is 5.97. The van der Waals surface area contributed by atoms with Crippen LogP contribution < -0.4 is 11.1 Å². The number of nitrogens with one attached hydrogen (secondary N) is 1. The fourth-order valence-electron chi connectivity index (χ4n) is 2.84. The molecule has 23 heavy (non-hydrogen) atoms. The molecule has 0 bridgehead atoms. The first kappa shape index (κ1) is 17.2. The predicted molar refractivity (Wildman–Crippen MR) is 86.3 cm³/mol. The molecular formula is C16H24N4O3. The van der Waals surface area contributed by atoms with Gasteiger partial charge in [0.2, 0.25) is 5.91 Å². The molecule has 0 saturated heterocycles. The quantitative estimate of drug-likeness (QED) is 0.669. The van der Waals surface area contributed by atoms with Gasteiger partial charge in [0.05, 0.1) is 12.0 Å². The van der Waals surface area contributed by atoms with Gasteiger partial charge in [-0.2, -0.15) is 0 Å². The Labute approximate surface area is 135 Å². The fraction of sp³-hybridized carbons (Fsp3) is 0.562. The highest BCUT2D eigenvalue weighted by Gasteiger charge is 2.62. The summed E-state index contributed by atoms with van der Waals surface area (Å²) in [5.74, 6) is -0.808. The van der Waals surface area contributed by atoms with Gasteiger partial charge in [0, 0.05) is 24.5 Å². The Morgan fingerprint density at radius 2 is 2.35 bits per heavy atom. The molecule has 0 radical (unpaired) electrons. The molecule has 2 rings (SSSR count). The second-order valence-corrected chi connectivity index (χ2v) is 5.98. The lowest BCUT2D eigenvalue weighted by atomic mass is 9.98. The largest absolute Gasteiger partial charge is 0.481 e. The molecule has 126 valence electrons. The average Bonchev–Trinajstić information content (AvgIpc) is 3.07. The van der Waals surface area contributed by atoms with Crippen LogP contribution in [-0.4, -0.2) is 33.1 Å². The molecule has 2 atom stereocenters. The van der Waals surface area contributed by atoms with Crippen molar-refractivity contribution in [3.05, 3.63) is 24.4 Å². The van der Waals surface area contributed by atoms with Crippen LogP contribution in [0.15, 0.2) is 18.7 Å². The number of carboxylic acids is 1. The van der Waals surface area contributed by atoms with Crippen molar-refractivity contribution in [1.82, 2.24) is 14.9 Å². The second-order valence-electron chi connectivity index (χ2n) is 5.98. The minimum absolute atomic E-state index is 0.0734. The summed E-state index contributed by atoms with van der Waals surface area (Å²) in [6.07, 6.45) is 7.56. The Bertz CT molecular complexity index is 623. The van der Waals surface area contributed by atoms with Crippen molar-refractivity contribution in [2.75, 3.05) is 6.54 Å². The molecule has 4 N–H and O–H groups in total. The van der Waals surface area contributed by atoms with Crippen molar-refractivity contribution in [2.45, 2.75) is 44.9 Å². The average molecular weight is 320 g/mol. The molecule has 1 aromatic heterocycles. The van der Waals surface area contributed by atoms with E-state index in [1.807, 2.05) is 6.92 Å². The molecule has 7 heteroatoms. The van der Waals surface area contributed by atoms with Crippen molar-refractivity contribution in [1.29, 1.82) is 0 Å². The molecule has 7 nitrogen and oxygen atoms in total. The van der Waals surface area contributed by atoms with Crippen molar-refractivity contribution >= 4 is 17.6 Å². The highest BCUT2D eigenvalue weighted by Crippen LogP contribution is 2.56. The summed E-state index contributed by atoms with van der Waals surface area (Å²) >= 11 is 0. The Morgan fingerprint density at radius 1 is 1.61 bits per heavy atom. The van der Waals surface area contributed by atoms with Gasteiger partial charge in [-0.1, -0.05) is 6.92 Å². The van der Waals surface area contributed by atoms with E-state index >= 15 is 0 Å². The maximum Gasteiger partial charge on any atom is 0.316 e. The van der Waals surface area contributed by atoms with Gasteiger partial charge in [-0.05, 0) is 38.6 Å². The van der Waals surface area contributed by atoms with Crippen molar-refractivity contribution in [3.8, 4) is 0 Å². The first-order valence-electron chi connectivity index (χ1n) is 7.90. The molecule has 1 fully saturated rings. The normalized spacial score (nSPS) is 23.6. The minimum atomic E-state index is -0.882. The number of imidazole rings is 1. The third kappa shape index (κ3) is 3.44. The van der Waals surface area contributed by atoms with E-state index in [2.05, 4.69) is 10.3 Å². The molecule has 0 aliphatic heterocycles. The van der Waals surface area contributed by atoms with Crippen molar-refractivity contribution in [2.24, 2.45) is 11.7 Å². The number of aromatic nitrogens is 2. The SMILES string of the molecule is CCC(=O)N/C=C(\C)n1cnc(C2(C(=O)O)CC2CCCN)c1. The Kier molecular flexibility index (Phi) is 5.20. The second kappa shape index (κ2) is 6.95. The number of hydrogen-bond acceptors (Lipinski definition) is 4. The van der Waals surface area contributed by atoms with Crippen LogP contribution in [0.5, 0.6) is 0 Å². The van der Waals surface area contributed by atoms with Crippen LogP contribution in [0.1, 0.15) is 45.2 Å². The molecular weight excluding hydrogens is 296 g/mol. The zero-order chi connectivity index (χ0) is 17.0. The topological polar surface area (TPSA) is 110 Å². The lowest BCUT2D eigenvalue weighted by molar-refractivity contribution is -0.140. The van der Waals surface area contributed by atoms with E-state index in [4.69, 9.17) is 5.73 Å². The number of hydrogen-bond donors (Lipinski definition) is 3. The van der Waals surface area contributed by atoms with Gasteiger partial charge in [0.15, 0.2) is 0 Å². The van der Waals surface area contributed by atoms with Gasteiger partial charge in [-0.25, -0.2) is 4.98 Å². The van der Waals surface area contributed by atoms with E-state index in [9.17, 15) is 14.7 Å². The van der Waals surface area contributed by atoms with Crippen LogP contribution in [0.4, 0.5) is 0 Å². The maximum atomic E-state index is 11.7. The summed E-state index contributed by atoms with van der Waals surface area (Å²) in [4.78, 5) is 27.3. The predicted octanol–water partition coefficient (Wildman–Crippen LogP) is 1.31. The smallest absolute Gasteiger partial charge is 0.316 e. The Hall–Kier alpha value is -2.15. The fourth-order valence-corrected chi connectivity index (χ4v) is 2.84. The van der Waals surface area contributed by atoms with Gasteiger partial charge in [0.25, 0.3) is 0 Å². The third-order valence-corrected chi connectivity index (χ3v) is 4.45. The van der Waals surface area contributed by atoms with E-state index in [-0.39, 0.29) is 11.8 Å². The monoisotopic (exact) mass is 320 g/mol. The van der Waals surface area contributed by atoms with Crippen molar-refractivity contribution in [3.63, 3.8) is 0 Å². The number of amides is 1. The van der Waals surface area contributed by atoms with Crippen molar-refractivity contribution < 1.29 is 14.7 Å². The summed E-state index contributed by atoms with van der Waals surface area (Å²) in [6, 6.07) is 0. The van der Waals surface area contributed by atoms with Crippen LogP contribution in [0.2, 0.25) is 0 Å². The first-order chi connectivity index (χ1) is 11.0. The van der Waals surface area contributed by atoms with Crippen LogP contribution in [0, 0.1) is 5.92 Å². The van der Waals surface area contributed by atoms with E-state index in [0.29, 0.717) is 25.1 Å². The lowest BCUT2D eigenvalue weighted by Crippen LogP contribution is -2.23. The van der Waals surface area contributed by atoms with Gasteiger partial charge in [-0.3, -0.25) is 9.59 Å². The molecule has 0 spiro atoms. The molecule has 0 aromatic carbocycles. The van der Waals surface area contributed by atoms with Crippen LogP contribution >= 0.6 is 0 Å². The molecule has 1 saturated carbocycles. The Balaban J connectivity index is 2.14. The number of nitrogens with two attached hydrogens (primary N) is 1. The van der Waals surface area contributed by atoms with E-state index in [1.54, 1.807) is 30.2 Å². The highest BCUT2D eigenvalue weighted by molar-refractivity contribution is 5.85. The number of carboxylic acid groups (broad SMARTS) is 1. The molecule has 1 aliphatic rings. The zero-order valence-electron chi connectivity index (χ0n) is 13.6. The van der Waals surface area contributed by atoms with E-state index in [1.165, 1.54) is 0 Å². The number of rotatable bonds is 8. The van der Waals surface area contributed by atoms with E-state index in [0.717, 1.165) is 18.5 Å². The number of aliphatic carboxylic acids is 1. The molecule has 1 amide bonds. The highest BCUT2D eigenvalue weighted by atomic mass is 16.4. The number of carbonyl (C=O) groups excluding carboxylic acids is 1. The minimum Gasteiger partial charge on any atom is -0.481 e. The molecule has 1 heterocycles. The third-order valence-electron chi connectivity index (χ3n) is 4.45. The zero-order valence-corrected chi connectivity index (χ0v) is 13.6. The summed E-state index contributed by atoms with van der Waals surface area (Å²) in [5, 5.41) is 12.3. The van der Waals surface area contributed by atoms with Gasteiger partial charge in [0.1, 0.15) is 5.41 Å². The van der Waals surface area contributed by atoms with E-state index < -0.39 is 11.4 Å². The summed E-state index contributed by atoms with van der Waals surface area (Å²) in [6.45, 7) is 4.17. The standard InChI is InChI=1S/C16H24N4O3/c1-3-14(21)18-8-11(2)20-9-13(19-10-20)16(15(22)23)7-12(16)5-4-6-17/h8-10,12H,3-7,17H2,1-2H3,(H,18,21)(H,22,23)/b11-8+. The number of allylic oxidation sites excluding steroid dienone is 1. The van der Waals surface area contributed by atoms with Crippen LogP contribution in [0.25, 0.3) is 5.70 Å². The molecule has 1 aromatic rings. The van der Waals surface area contributed by atoms with Crippen LogP contribution in [-0.2, 0) is 15.0 Å². The molecule has 2 unspecified atom stereocenters. The molecule has 1 aliphatic carbocycles. The lowest BCUT2D eigenvalue weighted by Gasteiger charge is -2.09. The first-order valence-corrected chi connectivity index (χ1v) is 7.90. The van der Waals surface area contributed by atoms with Gasteiger partial charge < -0.3 is 20.7 Å². The maximum absolute atomic E-state index is 11.7. The van der Waals surface area contributed by atoms with Gasteiger partial charge >= 0.3 is 5.97 Å². The number of carbonyl (C=O) groups is 2. The Morgan fingerprint density at radius 3 is 2.96 bits per heavy atom. The van der Waals surface area contributed by atoms with Gasteiger partial charge in [-0.15, -0.1) is 0 Å².